The highest BCUT2D eigenvalue weighted by Crippen LogP contribution is 2.37. The summed E-state index contributed by atoms with van der Waals surface area (Å²) in [6.45, 7) is 3.77. The van der Waals surface area contributed by atoms with Gasteiger partial charge in [-0.25, -0.2) is 4.39 Å². The zero-order chi connectivity index (χ0) is 14.2. The van der Waals surface area contributed by atoms with Crippen LogP contribution < -0.4 is 0 Å². The molecule has 2 aromatic carbocycles. The lowest BCUT2D eigenvalue weighted by atomic mass is 10.0. The summed E-state index contributed by atoms with van der Waals surface area (Å²) in [5.41, 5.74) is 3.71. The molecule has 19 heavy (non-hydrogen) atoms. The molecule has 2 rings (SSSR count). The van der Waals surface area contributed by atoms with Gasteiger partial charge in [-0.1, -0.05) is 61.7 Å². The first-order chi connectivity index (χ1) is 8.90. The van der Waals surface area contributed by atoms with Crippen LogP contribution in [0.3, 0.4) is 0 Å². The van der Waals surface area contributed by atoms with Gasteiger partial charge in [0.2, 0.25) is 0 Å². The van der Waals surface area contributed by atoms with E-state index in [0.29, 0.717) is 10.6 Å². The molecule has 1 atom stereocenters. The van der Waals surface area contributed by atoms with Crippen LogP contribution in [-0.2, 0) is 0 Å². The summed E-state index contributed by atoms with van der Waals surface area (Å²) in [5, 5.41) is 0.432. The van der Waals surface area contributed by atoms with Crippen LogP contribution >= 0.6 is 43.5 Å². The molecule has 0 bridgehead atoms. The quantitative estimate of drug-likeness (QED) is 0.510. The van der Waals surface area contributed by atoms with E-state index < -0.39 is 0 Å². The summed E-state index contributed by atoms with van der Waals surface area (Å²) in [5.74, 6) is -0.279. The number of hydrogen-bond donors (Lipinski definition) is 0. The Hall–Kier alpha value is -0.380. The van der Waals surface area contributed by atoms with Gasteiger partial charge in [-0.2, -0.15) is 0 Å². The van der Waals surface area contributed by atoms with Gasteiger partial charge in [0.25, 0.3) is 0 Å². The smallest absolute Gasteiger partial charge is 0.127 e. The fourth-order valence-electron chi connectivity index (χ4n) is 1.82. The number of aryl methyl sites for hydroxylation is 2. The molecule has 0 aliphatic rings. The van der Waals surface area contributed by atoms with Crippen LogP contribution in [0.5, 0.6) is 0 Å². The van der Waals surface area contributed by atoms with Gasteiger partial charge in [0, 0.05) is 9.50 Å². The first kappa shape index (κ1) is 15.0. The molecule has 0 fully saturated rings. The van der Waals surface area contributed by atoms with Crippen LogP contribution in [-0.4, -0.2) is 0 Å². The maximum Gasteiger partial charge on any atom is 0.127 e. The van der Waals surface area contributed by atoms with Gasteiger partial charge in [-0.15, -0.1) is 0 Å². The molecule has 0 N–H and O–H groups in total. The summed E-state index contributed by atoms with van der Waals surface area (Å²) in [4.78, 5) is -0.0591. The molecule has 0 amide bonds. The third-order valence-corrected chi connectivity index (χ3v) is 5.24. The van der Waals surface area contributed by atoms with Crippen molar-refractivity contribution < 1.29 is 4.39 Å². The van der Waals surface area contributed by atoms with E-state index in [-0.39, 0.29) is 10.6 Å². The van der Waals surface area contributed by atoms with Crippen molar-refractivity contribution in [3.05, 3.63) is 67.9 Å². The summed E-state index contributed by atoms with van der Waals surface area (Å²) in [7, 11) is 0. The Balaban J connectivity index is 2.46. The van der Waals surface area contributed by atoms with E-state index >= 15 is 0 Å². The van der Waals surface area contributed by atoms with Crippen molar-refractivity contribution in [1.29, 1.82) is 0 Å². The second-order valence-electron chi connectivity index (χ2n) is 4.49. The van der Waals surface area contributed by atoms with Crippen LogP contribution in [0.25, 0.3) is 0 Å². The van der Waals surface area contributed by atoms with E-state index in [1.807, 2.05) is 25.1 Å². The van der Waals surface area contributed by atoms with Crippen LogP contribution in [0.15, 0.2) is 34.8 Å². The molecule has 100 valence electrons. The van der Waals surface area contributed by atoms with Crippen molar-refractivity contribution in [3.63, 3.8) is 0 Å². The average molecular weight is 407 g/mol. The van der Waals surface area contributed by atoms with Crippen LogP contribution in [0.2, 0.25) is 5.02 Å². The van der Waals surface area contributed by atoms with Gasteiger partial charge in [0.1, 0.15) is 5.82 Å². The van der Waals surface area contributed by atoms with Crippen LogP contribution in [0, 0.1) is 19.7 Å². The zero-order valence-electron chi connectivity index (χ0n) is 10.5. The lowest BCUT2D eigenvalue weighted by Gasteiger charge is -2.15. The van der Waals surface area contributed by atoms with E-state index in [1.165, 1.54) is 11.6 Å². The van der Waals surface area contributed by atoms with Gasteiger partial charge in [0.05, 0.1) is 4.83 Å². The molecule has 0 spiro atoms. The van der Waals surface area contributed by atoms with Crippen molar-refractivity contribution in [1.82, 2.24) is 0 Å². The molecule has 0 heterocycles. The predicted molar refractivity (Wildman–Crippen MR) is 85.8 cm³/mol. The average Bonchev–Trinajstić information content (AvgIpc) is 2.36. The third kappa shape index (κ3) is 3.21. The van der Waals surface area contributed by atoms with Crippen molar-refractivity contribution in [3.8, 4) is 0 Å². The molecule has 0 aliphatic heterocycles. The van der Waals surface area contributed by atoms with E-state index in [4.69, 9.17) is 11.6 Å². The van der Waals surface area contributed by atoms with E-state index in [2.05, 4.69) is 31.9 Å². The van der Waals surface area contributed by atoms with Gasteiger partial charge in [0.15, 0.2) is 0 Å². The normalized spacial score (nSPS) is 12.5. The minimum Gasteiger partial charge on any atom is -0.207 e. The lowest BCUT2D eigenvalue weighted by Crippen LogP contribution is -1.97. The summed E-state index contributed by atoms with van der Waals surface area (Å²) >= 11 is 13.3. The minimum atomic E-state index is -0.279. The Kier molecular flexibility index (Phi) is 4.70. The highest BCUT2D eigenvalue weighted by Gasteiger charge is 2.16. The number of benzene rings is 2. The molecule has 0 saturated carbocycles. The number of alkyl halides is 1. The van der Waals surface area contributed by atoms with E-state index in [0.717, 1.165) is 15.6 Å². The molecule has 0 aromatic heterocycles. The van der Waals surface area contributed by atoms with Crippen molar-refractivity contribution in [2.24, 2.45) is 0 Å². The Morgan fingerprint density at radius 3 is 2.42 bits per heavy atom. The fourth-order valence-corrected chi connectivity index (χ4v) is 3.27. The second kappa shape index (κ2) is 5.94. The van der Waals surface area contributed by atoms with Gasteiger partial charge >= 0.3 is 0 Å². The standard InChI is InChI=1S/C15H12Br2ClF/c1-8-3-4-10(6-12(8)16)15(17)11-5-9(2)14(19)7-13(11)18/h3-7,15H,1-2H3. The Bertz CT molecular complexity index is 626. The van der Waals surface area contributed by atoms with Gasteiger partial charge < -0.3 is 0 Å². The van der Waals surface area contributed by atoms with Crippen LogP contribution in [0.4, 0.5) is 4.39 Å². The van der Waals surface area contributed by atoms with Crippen LogP contribution in [0.1, 0.15) is 27.1 Å². The fraction of sp³-hybridized carbons (Fsp3) is 0.200. The molecule has 0 nitrogen and oxygen atoms in total. The second-order valence-corrected chi connectivity index (χ2v) is 6.67. The number of halogens is 4. The van der Waals surface area contributed by atoms with Crippen molar-refractivity contribution in [2.75, 3.05) is 0 Å². The third-order valence-electron chi connectivity index (χ3n) is 3.04. The largest absolute Gasteiger partial charge is 0.207 e. The summed E-state index contributed by atoms with van der Waals surface area (Å²) in [6.07, 6.45) is 0. The summed E-state index contributed by atoms with van der Waals surface area (Å²) in [6, 6.07) is 9.27. The minimum absolute atomic E-state index is 0.0591. The Morgan fingerprint density at radius 2 is 1.79 bits per heavy atom. The summed E-state index contributed by atoms with van der Waals surface area (Å²) < 4.78 is 14.5. The predicted octanol–water partition coefficient (Wildman–Crippen LogP) is 6.34. The maximum atomic E-state index is 13.4. The van der Waals surface area contributed by atoms with Gasteiger partial charge in [-0.05, 0) is 48.2 Å². The van der Waals surface area contributed by atoms with Crippen molar-refractivity contribution in [2.45, 2.75) is 18.7 Å². The Labute approximate surface area is 134 Å². The monoisotopic (exact) mass is 404 g/mol. The SMILES string of the molecule is Cc1cc(C(Br)c2ccc(C)c(Br)c2)c(Cl)cc1F. The molecular weight excluding hydrogens is 394 g/mol. The molecule has 4 heteroatoms. The molecule has 0 saturated heterocycles. The maximum absolute atomic E-state index is 13.4. The molecule has 0 radical (unpaired) electrons. The van der Waals surface area contributed by atoms with E-state index in [9.17, 15) is 4.39 Å². The topological polar surface area (TPSA) is 0 Å². The van der Waals surface area contributed by atoms with Crippen molar-refractivity contribution >= 4 is 43.5 Å². The highest BCUT2D eigenvalue weighted by atomic mass is 79.9. The Morgan fingerprint density at radius 1 is 1.11 bits per heavy atom. The number of rotatable bonds is 2. The molecule has 0 aliphatic carbocycles. The molecular formula is C15H12Br2ClF. The molecule has 2 aromatic rings. The zero-order valence-corrected chi connectivity index (χ0v) is 14.4. The first-order valence-corrected chi connectivity index (χ1v) is 7.84. The number of hydrogen-bond acceptors (Lipinski definition) is 0. The lowest BCUT2D eigenvalue weighted by molar-refractivity contribution is 0.618. The first-order valence-electron chi connectivity index (χ1n) is 5.76. The highest BCUT2D eigenvalue weighted by molar-refractivity contribution is 9.10. The van der Waals surface area contributed by atoms with E-state index in [1.54, 1.807) is 13.0 Å². The molecule has 1 unspecified atom stereocenters. The van der Waals surface area contributed by atoms with Gasteiger partial charge in [-0.3, -0.25) is 0 Å².